The molecule has 0 aliphatic rings. The predicted octanol–water partition coefficient (Wildman–Crippen LogP) is 2.67. The number of hydrogen-bond donors (Lipinski definition) is 1. The topological polar surface area (TPSA) is 84.7 Å². The molecule has 148 valence electrons. The molecule has 1 aromatic carbocycles. The van der Waals surface area contributed by atoms with E-state index in [1.54, 1.807) is 24.3 Å². The molecule has 0 radical (unpaired) electrons. The molecule has 2 heterocycles. The molecule has 28 heavy (non-hydrogen) atoms. The smallest absolute Gasteiger partial charge is 0.345 e. The Hall–Kier alpha value is -2.71. The lowest BCUT2D eigenvalue weighted by Crippen LogP contribution is -2.31. The third-order valence-corrected chi connectivity index (χ3v) is 4.85. The summed E-state index contributed by atoms with van der Waals surface area (Å²) in [5.41, 5.74) is 1.00. The van der Waals surface area contributed by atoms with Crippen LogP contribution in [0.1, 0.15) is 11.4 Å². The first-order chi connectivity index (χ1) is 13.4. The zero-order chi connectivity index (χ0) is 20.1. The first kappa shape index (κ1) is 20.0. The molecule has 3 aromatic rings. The Morgan fingerprint density at radius 3 is 2.86 bits per heavy atom. The molecule has 3 rings (SSSR count). The summed E-state index contributed by atoms with van der Waals surface area (Å²) in [5.74, 6) is 0.283. The molecule has 0 spiro atoms. The van der Waals surface area contributed by atoms with Crippen LogP contribution in [0.25, 0.3) is 22.2 Å². The largest absolute Gasteiger partial charge is 0.484 e. The second kappa shape index (κ2) is 8.99. The van der Waals surface area contributed by atoms with Gasteiger partial charge in [-0.3, -0.25) is 4.79 Å². The number of carbonyl (C=O) groups excluding carboxylic acids is 1. The van der Waals surface area contributed by atoms with Gasteiger partial charge in [0.1, 0.15) is 11.3 Å². The second-order valence-electron chi connectivity index (χ2n) is 6.69. The normalized spacial score (nSPS) is 11.1. The molecule has 0 aliphatic carbocycles. The first-order valence-corrected chi connectivity index (χ1v) is 9.85. The molecule has 0 saturated heterocycles. The van der Waals surface area contributed by atoms with E-state index < -0.39 is 5.63 Å². The Bertz CT molecular complexity index is 1030. The number of carbonyl (C=O) groups is 1. The van der Waals surface area contributed by atoms with Gasteiger partial charge in [0.05, 0.1) is 16.3 Å². The van der Waals surface area contributed by atoms with Crippen LogP contribution in [0.5, 0.6) is 5.75 Å². The van der Waals surface area contributed by atoms with E-state index in [0.29, 0.717) is 29.1 Å². The number of nitrogens with one attached hydrogen (secondary N) is 1. The average molecular weight is 401 g/mol. The summed E-state index contributed by atoms with van der Waals surface area (Å²) in [6.07, 6.45) is 0.876. The summed E-state index contributed by atoms with van der Waals surface area (Å²) in [4.78, 5) is 30.6. The molecule has 7 nitrogen and oxygen atoms in total. The quantitative estimate of drug-likeness (QED) is 0.461. The monoisotopic (exact) mass is 401 g/mol. The molecule has 0 saturated carbocycles. The fourth-order valence-electron chi connectivity index (χ4n) is 2.67. The Morgan fingerprint density at radius 1 is 1.32 bits per heavy atom. The first-order valence-electron chi connectivity index (χ1n) is 8.97. The van der Waals surface area contributed by atoms with E-state index in [0.717, 1.165) is 23.4 Å². The molecular formula is C20H23N3O4S. The Kier molecular flexibility index (Phi) is 6.43. The van der Waals surface area contributed by atoms with Crippen LogP contribution in [0.2, 0.25) is 0 Å². The molecule has 8 heteroatoms. The van der Waals surface area contributed by atoms with E-state index in [1.807, 2.05) is 26.4 Å². The molecule has 0 fully saturated rings. The van der Waals surface area contributed by atoms with Crippen LogP contribution >= 0.6 is 11.3 Å². The lowest BCUT2D eigenvalue weighted by atomic mass is 10.1. The number of ether oxygens (including phenoxy) is 1. The van der Waals surface area contributed by atoms with E-state index in [4.69, 9.17) is 9.15 Å². The molecule has 1 N–H and O–H groups in total. The number of nitrogens with zero attached hydrogens (tertiary/aromatic N) is 2. The van der Waals surface area contributed by atoms with Crippen LogP contribution in [0.15, 0.2) is 38.9 Å². The van der Waals surface area contributed by atoms with Crippen molar-refractivity contribution in [2.75, 3.05) is 33.8 Å². The van der Waals surface area contributed by atoms with Gasteiger partial charge in [0.25, 0.3) is 5.91 Å². The number of aromatic nitrogens is 1. The summed E-state index contributed by atoms with van der Waals surface area (Å²) in [7, 11) is 3.98. The SMILES string of the molecule is Cc1nc(-c2cc3ccc(OCC(=O)NCCCN(C)C)cc3oc2=O)cs1. The van der Waals surface area contributed by atoms with Crippen LogP contribution in [-0.4, -0.2) is 49.6 Å². The van der Waals surface area contributed by atoms with Crippen molar-refractivity contribution in [3.63, 3.8) is 0 Å². The number of hydrogen-bond acceptors (Lipinski definition) is 7. The van der Waals surface area contributed by atoms with Gasteiger partial charge in [-0.2, -0.15) is 0 Å². The lowest BCUT2D eigenvalue weighted by molar-refractivity contribution is -0.123. The highest BCUT2D eigenvalue weighted by Gasteiger charge is 2.11. The van der Waals surface area contributed by atoms with Crippen molar-refractivity contribution >= 4 is 28.2 Å². The minimum Gasteiger partial charge on any atom is -0.484 e. The highest BCUT2D eigenvalue weighted by atomic mass is 32.1. The number of fused-ring (bicyclic) bond motifs is 1. The molecule has 0 atom stereocenters. The van der Waals surface area contributed by atoms with Crippen molar-refractivity contribution in [1.82, 2.24) is 15.2 Å². The van der Waals surface area contributed by atoms with Crippen LogP contribution < -0.4 is 15.7 Å². The summed E-state index contributed by atoms with van der Waals surface area (Å²) in [6, 6.07) is 6.92. The van der Waals surface area contributed by atoms with Crippen molar-refractivity contribution in [3.8, 4) is 17.0 Å². The average Bonchev–Trinajstić information content (AvgIpc) is 3.08. The summed E-state index contributed by atoms with van der Waals surface area (Å²) < 4.78 is 10.9. The molecular weight excluding hydrogens is 378 g/mol. The van der Waals surface area contributed by atoms with Crippen LogP contribution in [-0.2, 0) is 4.79 Å². The van der Waals surface area contributed by atoms with Gasteiger partial charge in [0.2, 0.25) is 0 Å². The van der Waals surface area contributed by atoms with Gasteiger partial charge in [0, 0.05) is 23.4 Å². The maximum absolute atomic E-state index is 12.3. The lowest BCUT2D eigenvalue weighted by Gasteiger charge is -2.10. The number of aryl methyl sites for hydroxylation is 1. The van der Waals surface area contributed by atoms with Gasteiger partial charge in [-0.1, -0.05) is 0 Å². The third-order valence-electron chi connectivity index (χ3n) is 4.08. The van der Waals surface area contributed by atoms with Gasteiger partial charge < -0.3 is 19.4 Å². The minimum absolute atomic E-state index is 0.0894. The van der Waals surface area contributed by atoms with E-state index in [-0.39, 0.29) is 12.5 Å². The third kappa shape index (κ3) is 5.17. The van der Waals surface area contributed by atoms with E-state index in [2.05, 4.69) is 15.2 Å². The van der Waals surface area contributed by atoms with Gasteiger partial charge in [-0.15, -0.1) is 11.3 Å². The van der Waals surface area contributed by atoms with E-state index in [9.17, 15) is 9.59 Å². The molecule has 1 amide bonds. The number of thiazole rings is 1. The second-order valence-corrected chi connectivity index (χ2v) is 7.76. The summed E-state index contributed by atoms with van der Waals surface area (Å²) in [5, 5.41) is 6.30. The Labute approximate surface area is 167 Å². The summed E-state index contributed by atoms with van der Waals surface area (Å²) >= 11 is 1.48. The number of amides is 1. The highest BCUT2D eigenvalue weighted by Crippen LogP contribution is 2.25. The molecule has 0 aliphatic heterocycles. The van der Waals surface area contributed by atoms with Gasteiger partial charge in [0.15, 0.2) is 6.61 Å². The zero-order valence-corrected chi connectivity index (χ0v) is 17.0. The van der Waals surface area contributed by atoms with E-state index >= 15 is 0 Å². The van der Waals surface area contributed by atoms with Gasteiger partial charge in [-0.25, -0.2) is 9.78 Å². The standard InChI is InChI=1S/C20H23N3O4S/c1-13-22-17(12-28-13)16-9-14-5-6-15(10-18(14)27-20(16)25)26-11-19(24)21-7-4-8-23(2)3/h5-6,9-10,12H,4,7-8,11H2,1-3H3,(H,21,24). The van der Waals surface area contributed by atoms with Crippen molar-refractivity contribution in [2.45, 2.75) is 13.3 Å². The fraction of sp³-hybridized carbons (Fsp3) is 0.350. The number of rotatable bonds is 8. The van der Waals surface area contributed by atoms with Crippen molar-refractivity contribution in [2.24, 2.45) is 0 Å². The van der Waals surface area contributed by atoms with Crippen LogP contribution in [0, 0.1) is 6.92 Å². The summed E-state index contributed by atoms with van der Waals surface area (Å²) in [6.45, 7) is 3.31. The minimum atomic E-state index is -0.450. The molecule has 0 unspecified atom stereocenters. The number of benzene rings is 1. The van der Waals surface area contributed by atoms with Crippen LogP contribution in [0.4, 0.5) is 0 Å². The predicted molar refractivity (Wildman–Crippen MR) is 110 cm³/mol. The van der Waals surface area contributed by atoms with E-state index in [1.165, 1.54) is 11.3 Å². The van der Waals surface area contributed by atoms with Crippen molar-refractivity contribution in [3.05, 3.63) is 45.1 Å². The Morgan fingerprint density at radius 2 is 2.14 bits per heavy atom. The Balaban J connectivity index is 1.64. The molecule has 0 bridgehead atoms. The fourth-order valence-corrected chi connectivity index (χ4v) is 3.28. The van der Waals surface area contributed by atoms with Crippen molar-refractivity contribution in [1.29, 1.82) is 0 Å². The van der Waals surface area contributed by atoms with Gasteiger partial charge in [-0.05, 0) is 52.2 Å². The maximum atomic E-state index is 12.3. The van der Waals surface area contributed by atoms with Crippen LogP contribution in [0.3, 0.4) is 0 Å². The molecule has 2 aromatic heterocycles. The maximum Gasteiger partial charge on any atom is 0.345 e. The van der Waals surface area contributed by atoms with Gasteiger partial charge >= 0.3 is 5.63 Å². The highest BCUT2D eigenvalue weighted by molar-refractivity contribution is 7.09. The zero-order valence-electron chi connectivity index (χ0n) is 16.2. The van der Waals surface area contributed by atoms with Crippen molar-refractivity contribution < 1.29 is 13.9 Å².